The van der Waals surface area contributed by atoms with E-state index in [9.17, 15) is 13.6 Å². The highest BCUT2D eigenvalue weighted by atomic mass is 19.1. The minimum Gasteiger partial charge on any atom is -0.457 e. The number of rotatable bonds is 8. The van der Waals surface area contributed by atoms with Crippen LogP contribution < -0.4 is 15.4 Å². The Balaban J connectivity index is 1.74. The second-order valence-electron chi connectivity index (χ2n) is 6.94. The molecule has 1 amide bonds. The minimum atomic E-state index is -0.693. The smallest absolute Gasteiger partial charge is 0.251 e. The predicted molar refractivity (Wildman–Crippen MR) is 121 cm³/mol. The van der Waals surface area contributed by atoms with Crippen molar-refractivity contribution < 1.29 is 18.3 Å². The van der Waals surface area contributed by atoms with Crippen LogP contribution in [0, 0.1) is 18.6 Å². The lowest BCUT2D eigenvalue weighted by atomic mass is 10.1. The van der Waals surface area contributed by atoms with Crippen molar-refractivity contribution in [1.29, 1.82) is 0 Å². The monoisotopic (exact) mass is 435 g/mol. The normalized spacial score (nSPS) is 11.1. The van der Waals surface area contributed by atoms with E-state index in [1.807, 2.05) is 13.0 Å². The van der Waals surface area contributed by atoms with Gasteiger partial charge in [-0.3, -0.25) is 4.79 Å². The number of pyridine rings is 1. The van der Waals surface area contributed by atoms with Gasteiger partial charge in [0.2, 0.25) is 0 Å². The summed E-state index contributed by atoms with van der Waals surface area (Å²) >= 11 is 0. The van der Waals surface area contributed by atoms with Crippen molar-refractivity contribution in [3.05, 3.63) is 107 Å². The zero-order valence-electron chi connectivity index (χ0n) is 17.8. The van der Waals surface area contributed by atoms with E-state index in [0.717, 1.165) is 11.8 Å². The summed E-state index contributed by atoms with van der Waals surface area (Å²) in [4.78, 5) is 16.9. The quantitative estimate of drug-likeness (QED) is 0.433. The number of aromatic nitrogens is 1. The number of amides is 1. The zero-order valence-corrected chi connectivity index (χ0v) is 17.8. The molecule has 164 valence electrons. The number of nitrogens with zero attached hydrogens (tertiary/aromatic N) is 1. The van der Waals surface area contributed by atoms with Crippen LogP contribution in [0.5, 0.6) is 11.5 Å². The Hall–Kier alpha value is -4.00. The van der Waals surface area contributed by atoms with E-state index >= 15 is 0 Å². The summed E-state index contributed by atoms with van der Waals surface area (Å²) < 4.78 is 32.7. The maximum Gasteiger partial charge on any atom is 0.251 e. The molecule has 0 aliphatic heterocycles. The predicted octanol–water partition coefficient (Wildman–Crippen LogP) is 5.89. The maximum absolute atomic E-state index is 13.4. The van der Waals surface area contributed by atoms with Crippen molar-refractivity contribution in [2.45, 2.75) is 20.4 Å². The fourth-order valence-corrected chi connectivity index (χ4v) is 3.02. The average Bonchev–Trinajstić information content (AvgIpc) is 2.77. The Morgan fingerprint density at radius 2 is 1.91 bits per heavy atom. The van der Waals surface area contributed by atoms with E-state index in [1.54, 1.807) is 49.5 Å². The number of anilines is 1. The summed E-state index contributed by atoms with van der Waals surface area (Å²) in [6.07, 6.45) is 5.16. The second-order valence-corrected chi connectivity index (χ2v) is 6.94. The Morgan fingerprint density at radius 1 is 1.16 bits per heavy atom. The molecule has 0 aliphatic rings. The van der Waals surface area contributed by atoms with Crippen LogP contribution in [-0.4, -0.2) is 10.9 Å². The number of allylic oxidation sites excluding steroid dienone is 2. The highest BCUT2D eigenvalue weighted by molar-refractivity contribution is 5.96. The van der Waals surface area contributed by atoms with Crippen molar-refractivity contribution in [2.24, 2.45) is 0 Å². The van der Waals surface area contributed by atoms with Gasteiger partial charge in [0.1, 0.15) is 29.0 Å². The number of benzene rings is 2. The van der Waals surface area contributed by atoms with Gasteiger partial charge in [0.05, 0.1) is 0 Å². The van der Waals surface area contributed by atoms with Crippen molar-refractivity contribution in [1.82, 2.24) is 10.3 Å². The lowest BCUT2D eigenvalue weighted by Gasteiger charge is -2.14. The molecule has 5 nitrogen and oxygen atoms in total. The Labute approximate surface area is 185 Å². The molecule has 0 radical (unpaired) electrons. The molecule has 3 rings (SSSR count). The highest BCUT2D eigenvalue weighted by Gasteiger charge is 2.14. The van der Waals surface area contributed by atoms with Crippen LogP contribution in [0.2, 0.25) is 0 Å². The SMILES string of the molecule is C=C/C(=C\C)Nc1cc(Oc2cccc(C(=O)NCc3cc(F)cc(F)c3)c2C)ccn1. The van der Waals surface area contributed by atoms with Gasteiger partial charge in [-0.2, -0.15) is 0 Å². The van der Waals surface area contributed by atoms with Gasteiger partial charge in [-0.1, -0.05) is 18.7 Å². The highest BCUT2D eigenvalue weighted by Crippen LogP contribution is 2.28. The van der Waals surface area contributed by atoms with Gasteiger partial charge in [-0.05, 0) is 55.8 Å². The Bertz CT molecular complexity index is 1160. The molecule has 32 heavy (non-hydrogen) atoms. The number of carbonyl (C=O) groups excluding carboxylic acids is 1. The first-order chi connectivity index (χ1) is 15.4. The molecule has 1 aromatic heterocycles. The van der Waals surface area contributed by atoms with Gasteiger partial charge < -0.3 is 15.4 Å². The number of ether oxygens (including phenoxy) is 1. The lowest BCUT2D eigenvalue weighted by molar-refractivity contribution is 0.0950. The van der Waals surface area contributed by atoms with E-state index in [0.29, 0.717) is 34.0 Å². The van der Waals surface area contributed by atoms with E-state index in [1.165, 1.54) is 12.1 Å². The van der Waals surface area contributed by atoms with Gasteiger partial charge in [0.25, 0.3) is 5.91 Å². The number of hydrogen-bond acceptors (Lipinski definition) is 4. The van der Waals surface area contributed by atoms with E-state index in [2.05, 4.69) is 22.2 Å². The molecule has 0 aliphatic carbocycles. The molecular weight excluding hydrogens is 412 g/mol. The molecule has 3 aromatic rings. The molecule has 0 bridgehead atoms. The van der Waals surface area contributed by atoms with Crippen molar-refractivity contribution in [2.75, 3.05) is 5.32 Å². The Morgan fingerprint density at radius 3 is 2.59 bits per heavy atom. The van der Waals surface area contributed by atoms with Gasteiger partial charge in [-0.25, -0.2) is 13.8 Å². The van der Waals surface area contributed by atoms with Gasteiger partial charge in [0.15, 0.2) is 0 Å². The molecule has 0 saturated heterocycles. The minimum absolute atomic E-state index is 0.00595. The van der Waals surface area contributed by atoms with Crippen LogP contribution in [0.15, 0.2) is 79.2 Å². The molecule has 0 saturated carbocycles. The van der Waals surface area contributed by atoms with E-state index in [-0.39, 0.29) is 12.5 Å². The third kappa shape index (κ3) is 5.78. The number of halogens is 2. The third-order valence-electron chi connectivity index (χ3n) is 4.67. The second kappa shape index (κ2) is 10.3. The maximum atomic E-state index is 13.4. The third-order valence-corrected chi connectivity index (χ3v) is 4.67. The van der Waals surface area contributed by atoms with Crippen molar-refractivity contribution >= 4 is 11.7 Å². The topological polar surface area (TPSA) is 63.2 Å². The molecule has 0 unspecified atom stereocenters. The molecule has 2 aromatic carbocycles. The van der Waals surface area contributed by atoms with Crippen molar-refractivity contribution in [3.8, 4) is 11.5 Å². The molecule has 0 atom stereocenters. The summed E-state index contributed by atoms with van der Waals surface area (Å²) in [5.74, 6) is -0.134. The fraction of sp³-hybridized carbons (Fsp3) is 0.120. The standard InChI is InChI=1S/C25H23F2N3O2/c1-4-20(5-2)30-24-14-21(9-10-28-24)32-23-8-6-7-22(16(23)3)25(31)29-15-17-11-18(26)13-19(27)12-17/h4-14H,1,15H2,2-3H3,(H,28,30)(H,29,31)/b20-5+. The van der Waals surface area contributed by atoms with Crippen LogP contribution in [0.4, 0.5) is 14.6 Å². The molecule has 1 heterocycles. The number of nitrogens with one attached hydrogen (secondary N) is 2. The molecular formula is C25H23F2N3O2. The summed E-state index contributed by atoms with van der Waals surface area (Å²) in [6, 6.07) is 11.7. The van der Waals surface area contributed by atoms with Crippen molar-refractivity contribution in [3.63, 3.8) is 0 Å². The first-order valence-electron chi connectivity index (χ1n) is 9.92. The van der Waals surface area contributed by atoms with Crippen LogP contribution in [0.1, 0.15) is 28.4 Å². The number of hydrogen-bond donors (Lipinski definition) is 2. The van der Waals surface area contributed by atoms with E-state index in [4.69, 9.17) is 4.74 Å². The summed E-state index contributed by atoms with van der Waals surface area (Å²) in [6.45, 7) is 7.38. The van der Waals surface area contributed by atoms with Crippen LogP contribution in [0.25, 0.3) is 0 Å². The van der Waals surface area contributed by atoms with Crippen LogP contribution in [-0.2, 0) is 6.54 Å². The zero-order chi connectivity index (χ0) is 23.1. The first-order valence-corrected chi connectivity index (χ1v) is 9.92. The van der Waals surface area contributed by atoms with Crippen LogP contribution in [0.3, 0.4) is 0 Å². The fourth-order valence-electron chi connectivity index (χ4n) is 3.02. The van der Waals surface area contributed by atoms with Gasteiger partial charge in [-0.15, -0.1) is 0 Å². The summed E-state index contributed by atoms with van der Waals surface area (Å²) in [7, 11) is 0. The Kier molecular flexibility index (Phi) is 7.33. The van der Waals surface area contributed by atoms with Gasteiger partial charge in [0, 0.05) is 41.7 Å². The number of carbonyl (C=O) groups is 1. The summed E-state index contributed by atoms with van der Waals surface area (Å²) in [5.41, 5.74) is 2.16. The molecule has 7 heteroatoms. The van der Waals surface area contributed by atoms with Crippen LogP contribution >= 0.6 is 0 Å². The van der Waals surface area contributed by atoms with Gasteiger partial charge >= 0.3 is 0 Å². The molecule has 0 fully saturated rings. The largest absolute Gasteiger partial charge is 0.457 e. The van der Waals surface area contributed by atoms with E-state index < -0.39 is 11.6 Å². The molecule has 0 spiro atoms. The summed E-state index contributed by atoms with van der Waals surface area (Å²) in [5, 5.41) is 5.81. The average molecular weight is 435 g/mol. The first kappa shape index (κ1) is 22.7. The molecule has 2 N–H and O–H groups in total. The lowest BCUT2D eigenvalue weighted by Crippen LogP contribution is -2.23.